The molecular weight excluding hydrogens is 364 g/mol. The molecule has 154 valence electrons. The van der Waals surface area contributed by atoms with Gasteiger partial charge in [0.25, 0.3) is 0 Å². The topological polar surface area (TPSA) is 16.1 Å². The van der Waals surface area contributed by atoms with E-state index in [1.807, 2.05) is 12.4 Å². The summed E-state index contributed by atoms with van der Waals surface area (Å²) < 4.78 is 0. The van der Waals surface area contributed by atoms with Gasteiger partial charge in [0, 0.05) is 37.6 Å². The van der Waals surface area contributed by atoms with Gasteiger partial charge in [0.15, 0.2) is 0 Å². The third kappa shape index (κ3) is 3.43. The predicted molar refractivity (Wildman–Crippen MR) is 128 cm³/mol. The number of pyridine rings is 1. The SMILES string of the molecule is CN(C)c1ccc(/C=C2\CC[C@@]3(C)[C@@H](CC[C@@H]3c3ccc4ccncc4c3)C2)cc1. The molecule has 3 atom stereocenters. The molecular formula is C28H32N2. The lowest BCUT2D eigenvalue weighted by molar-refractivity contribution is 0.159. The van der Waals surface area contributed by atoms with Gasteiger partial charge < -0.3 is 4.90 Å². The molecule has 1 heterocycles. The Bertz CT molecular complexity index is 1080. The number of benzene rings is 2. The zero-order valence-corrected chi connectivity index (χ0v) is 18.4. The molecule has 2 heteroatoms. The lowest BCUT2D eigenvalue weighted by Gasteiger charge is -2.42. The Hall–Kier alpha value is -2.61. The van der Waals surface area contributed by atoms with E-state index in [2.05, 4.69) is 85.5 Å². The first-order chi connectivity index (χ1) is 14.5. The molecule has 2 fully saturated rings. The largest absolute Gasteiger partial charge is 0.378 e. The van der Waals surface area contributed by atoms with Crippen molar-refractivity contribution in [1.29, 1.82) is 0 Å². The second kappa shape index (κ2) is 7.58. The van der Waals surface area contributed by atoms with Crippen LogP contribution in [0.3, 0.4) is 0 Å². The van der Waals surface area contributed by atoms with Crippen LogP contribution in [0.5, 0.6) is 0 Å². The second-order valence-electron chi connectivity index (χ2n) is 9.81. The van der Waals surface area contributed by atoms with Gasteiger partial charge in [0.05, 0.1) is 0 Å². The lowest BCUT2D eigenvalue weighted by atomic mass is 9.63. The molecule has 0 aliphatic heterocycles. The number of aromatic nitrogens is 1. The van der Waals surface area contributed by atoms with Crippen LogP contribution in [-0.2, 0) is 0 Å². The van der Waals surface area contributed by atoms with Crippen LogP contribution in [0.4, 0.5) is 5.69 Å². The Balaban J connectivity index is 1.36. The van der Waals surface area contributed by atoms with E-state index in [4.69, 9.17) is 0 Å². The quantitative estimate of drug-likeness (QED) is 0.471. The minimum Gasteiger partial charge on any atom is -0.378 e. The predicted octanol–water partition coefficient (Wildman–Crippen LogP) is 7.07. The van der Waals surface area contributed by atoms with Crippen molar-refractivity contribution in [2.24, 2.45) is 11.3 Å². The first kappa shape index (κ1) is 19.4. The van der Waals surface area contributed by atoms with Gasteiger partial charge in [-0.1, -0.05) is 42.8 Å². The number of hydrogen-bond acceptors (Lipinski definition) is 2. The van der Waals surface area contributed by atoms with Gasteiger partial charge in [-0.2, -0.15) is 0 Å². The molecule has 0 N–H and O–H groups in total. The summed E-state index contributed by atoms with van der Waals surface area (Å²) in [4.78, 5) is 6.49. The third-order valence-corrected chi connectivity index (χ3v) is 7.87. The standard InChI is InChI=1S/C28H32N2/c1-28-14-12-21(16-20-4-9-26(10-5-20)30(2)3)17-25(28)8-11-27(28)23-7-6-22-13-15-29-19-24(22)18-23/h4-7,9-10,13,15-16,18-19,25,27H,8,11-12,14,17H2,1-3H3/b21-16+/t25-,27+,28-/m0/s1. The maximum Gasteiger partial charge on any atom is 0.0361 e. The zero-order chi connectivity index (χ0) is 20.7. The molecule has 2 aliphatic carbocycles. The van der Waals surface area contributed by atoms with Crippen molar-refractivity contribution in [1.82, 2.24) is 4.98 Å². The number of anilines is 1. The zero-order valence-electron chi connectivity index (χ0n) is 18.4. The van der Waals surface area contributed by atoms with Crippen molar-refractivity contribution >= 4 is 22.5 Å². The van der Waals surface area contributed by atoms with Crippen LogP contribution >= 0.6 is 0 Å². The van der Waals surface area contributed by atoms with Crippen LogP contribution in [0, 0.1) is 11.3 Å². The summed E-state index contributed by atoms with van der Waals surface area (Å²) in [5.41, 5.74) is 6.18. The molecule has 1 aromatic heterocycles. The molecule has 5 rings (SSSR count). The highest BCUT2D eigenvalue weighted by atomic mass is 15.1. The Kier molecular flexibility index (Phi) is 4.89. The molecule has 0 bridgehead atoms. The molecule has 0 unspecified atom stereocenters. The minimum absolute atomic E-state index is 0.419. The highest BCUT2D eigenvalue weighted by Crippen LogP contribution is 2.60. The van der Waals surface area contributed by atoms with Crippen LogP contribution in [0.15, 0.2) is 66.5 Å². The third-order valence-electron chi connectivity index (χ3n) is 7.87. The number of rotatable bonds is 3. The number of nitrogens with zero attached hydrogens (tertiary/aromatic N) is 2. The maximum atomic E-state index is 4.33. The van der Waals surface area contributed by atoms with Crippen LogP contribution in [0.1, 0.15) is 56.1 Å². The smallest absolute Gasteiger partial charge is 0.0361 e. The van der Waals surface area contributed by atoms with Crippen molar-refractivity contribution in [3.05, 3.63) is 77.6 Å². The van der Waals surface area contributed by atoms with Gasteiger partial charge in [-0.25, -0.2) is 0 Å². The average Bonchev–Trinajstić information content (AvgIpc) is 3.10. The first-order valence-corrected chi connectivity index (χ1v) is 11.3. The molecule has 30 heavy (non-hydrogen) atoms. The van der Waals surface area contributed by atoms with Crippen LogP contribution in [0.25, 0.3) is 16.8 Å². The van der Waals surface area contributed by atoms with Gasteiger partial charge in [0.1, 0.15) is 0 Å². The van der Waals surface area contributed by atoms with Gasteiger partial charge in [-0.05, 0) is 90.1 Å². The summed E-state index contributed by atoms with van der Waals surface area (Å²) in [5, 5.41) is 2.57. The summed E-state index contributed by atoms with van der Waals surface area (Å²) in [5.74, 6) is 1.47. The molecule has 2 aliphatic rings. The Morgan fingerprint density at radius 2 is 1.83 bits per heavy atom. The van der Waals surface area contributed by atoms with Gasteiger partial charge in [-0.15, -0.1) is 0 Å². The van der Waals surface area contributed by atoms with Crippen molar-refractivity contribution < 1.29 is 0 Å². The second-order valence-corrected chi connectivity index (χ2v) is 9.81. The molecule has 0 saturated heterocycles. The van der Waals surface area contributed by atoms with Crippen LogP contribution in [0.2, 0.25) is 0 Å². The molecule has 0 amide bonds. The van der Waals surface area contributed by atoms with Crippen molar-refractivity contribution in [2.45, 2.75) is 44.9 Å². The van der Waals surface area contributed by atoms with E-state index >= 15 is 0 Å². The highest BCUT2D eigenvalue weighted by Gasteiger charge is 2.48. The van der Waals surface area contributed by atoms with E-state index in [0.717, 1.165) is 5.92 Å². The van der Waals surface area contributed by atoms with Crippen LogP contribution < -0.4 is 4.90 Å². The summed E-state index contributed by atoms with van der Waals surface area (Å²) in [7, 11) is 4.19. The molecule has 2 nitrogen and oxygen atoms in total. The summed E-state index contributed by atoms with van der Waals surface area (Å²) in [6, 6.07) is 18.1. The van der Waals surface area contributed by atoms with E-state index in [0.29, 0.717) is 11.3 Å². The maximum absolute atomic E-state index is 4.33. The molecule has 0 radical (unpaired) electrons. The van der Waals surface area contributed by atoms with E-state index in [1.165, 1.54) is 59.7 Å². The monoisotopic (exact) mass is 396 g/mol. The number of hydrogen-bond donors (Lipinski definition) is 0. The number of allylic oxidation sites excluding steroid dienone is 1. The minimum atomic E-state index is 0.419. The van der Waals surface area contributed by atoms with Gasteiger partial charge in [-0.3, -0.25) is 4.98 Å². The Labute approximate surface area is 180 Å². The summed E-state index contributed by atoms with van der Waals surface area (Å²) >= 11 is 0. The van der Waals surface area contributed by atoms with E-state index in [-0.39, 0.29) is 0 Å². The molecule has 0 spiro atoms. The molecule has 2 aromatic carbocycles. The Morgan fingerprint density at radius 3 is 2.63 bits per heavy atom. The fraction of sp³-hybridized carbons (Fsp3) is 0.393. The fourth-order valence-electron chi connectivity index (χ4n) is 5.98. The number of fused-ring (bicyclic) bond motifs is 2. The van der Waals surface area contributed by atoms with Crippen molar-refractivity contribution in [2.75, 3.05) is 19.0 Å². The highest BCUT2D eigenvalue weighted by molar-refractivity contribution is 5.82. The summed E-state index contributed by atoms with van der Waals surface area (Å²) in [6.45, 7) is 2.56. The van der Waals surface area contributed by atoms with Crippen LogP contribution in [-0.4, -0.2) is 19.1 Å². The molecule has 2 saturated carbocycles. The summed E-state index contributed by atoms with van der Waals surface area (Å²) in [6.07, 6.45) is 12.8. The normalized spacial score (nSPS) is 27.4. The van der Waals surface area contributed by atoms with Crippen molar-refractivity contribution in [3.8, 4) is 0 Å². The van der Waals surface area contributed by atoms with E-state index in [1.54, 1.807) is 5.57 Å². The van der Waals surface area contributed by atoms with E-state index in [9.17, 15) is 0 Å². The van der Waals surface area contributed by atoms with Gasteiger partial charge >= 0.3 is 0 Å². The average molecular weight is 397 g/mol. The lowest BCUT2D eigenvalue weighted by Crippen LogP contribution is -2.31. The van der Waals surface area contributed by atoms with E-state index < -0.39 is 0 Å². The fourth-order valence-corrected chi connectivity index (χ4v) is 5.98. The Morgan fingerprint density at radius 1 is 1.00 bits per heavy atom. The first-order valence-electron chi connectivity index (χ1n) is 11.3. The van der Waals surface area contributed by atoms with Crippen molar-refractivity contribution in [3.63, 3.8) is 0 Å². The molecule has 3 aromatic rings. The van der Waals surface area contributed by atoms with Gasteiger partial charge in [0.2, 0.25) is 0 Å².